The summed E-state index contributed by atoms with van der Waals surface area (Å²) in [5.74, 6) is 0.992. The zero-order valence-corrected chi connectivity index (χ0v) is 11.6. The summed E-state index contributed by atoms with van der Waals surface area (Å²) in [7, 11) is 1.97. The molecule has 1 aromatic carbocycles. The van der Waals surface area contributed by atoms with E-state index in [1.165, 1.54) is 0 Å². The predicted octanol–water partition coefficient (Wildman–Crippen LogP) is 1.77. The quantitative estimate of drug-likeness (QED) is 0.873. The van der Waals surface area contributed by atoms with Crippen LogP contribution in [-0.2, 0) is 0 Å². The van der Waals surface area contributed by atoms with Gasteiger partial charge in [0.05, 0.1) is 0 Å². The molecule has 0 bridgehead atoms. The molecule has 0 aromatic heterocycles. The second-order valence-electron chi connectivity index (χ2n) is 5.29. The van der Waals surface area contributed by atoms with E-state index in [9.17, 15) is 9.90 Å². The van der Waals surface area contributed by atoms with Crippen LogP contribution in [0.25, 0.3) is 0 Å². The van der Waals surface area contributed by atoms with Crippen molar-refractivity contribution in [3.63, 3.8) is 0 Å². The summed E-state index contributed by atoms with van der Waals surface area (Å²) < 4.78 is 0. The fourth-order valence-corrected chi connectivity index (χ4v) is 2.60. The Balaban J connectivity index is 1.99. The molecule has 0 atom stereocenters. The molecule has 4 heteroatoms. The van der Waals surface area contributed by atoms with Gasteiger partial charge in [0.2, 0.25) is 0 Å². The molecule has 1 aromatic rings. The van der Waals surface area contributed by atoms with Gasteiger partial charge in [-0.3, -0.25) is 4.79 Å². The first-order valence-corrected chi connectivity index (χ1v) is 6.85. The minimum atomic E-state index is 0.0750. The predicted molar refractivity (Wildman–Crippen MR) is 75.4 cm³/mol. The molecule has 1 aliphatic rings. The molecule has 4 nitrogen and oxygen atoms in total. The second kappa shape index (κ2) is 6.06. The van der Waals surface area contributed by atoms with Crippen molar-refractivity contribution in [2.75, 3.05) is 26.7 Å². The molecule has 1 saturated heterocycles. The largest absolute Gasteiger partial charge is 0.508 e. The van der Waals surface area contributed by atoms with Crippen molar-refractivity contribution in [1.82, 2.24) is 10.2 Å². The van der Waals surface area contributed by atoms with E-state index in [0.717, 1.165) is 38.0 Å². The molecule has 0 radical (unpaired) electrons. The Hall–Kier alpha value is -1.55. The van der Waals surface area contributed by atoms with Gasteiger partial charge in [0.25, 0.3) is 5.91 Å². The number of nitrogens with zero attached hydrogens (tertiary/aromatic N) is 1. The first-order chi connectivity index (χ1) is 9.11. The van der Waals surface area contributed by atoms with Crippen LogP contribution < -0.4 is 5.32 Å². The first-order valence-electron chi connectivity index (χ1n) is 6.85. The van der Waals surface area contributed by atoms with Gasteiger partial charge in [0.1, 0.15) is 5.75 Å². The number of benzene rings is 1. The number of nitrogens with one attached hydrogen (secondary N) is 1. The number of phenolic OH excluding ortho intramolecular Hbond substituents is 1. The molecule has 0 aliphatic carbocycles. The van der Waals surface area contributed by atoms with Gasteiger partial charge in [-0.2, -0.15) is 0 Å². The Morgan fingerprint density at radius 3 is 2.68 bits per heavy atom. The van der Waals surface area contributed by atoms with Crippen molar-refractivity contribution in [1.29, 1.82) is 0 Å². The first kappa shape index (κ1) is 13.9. The van der Waals surface area contributed by atoms with Crippen LogP contribution in [-0.4, -0.2) is 42.6 Å². The maximum Gasteiger partial charge on any atom is 0.253 e. The number of aryl methyl sites for hydroxylation is 1. The van der Waals surface area contributed by atoms with E-state index >= 15 is 0 Å². The van der Waals surface area contributed by atoms with E-state index in [0.29, 0.717) is 11.5 Å². The minimum absolute atomic E-state index is 0.0750. The molecule has 0 unspecified atom stereocenters. The number of hydrogen-bond acceptors (Lipinski definition) is 3. The van der Waals surface area contributed by atoms with Crippen LogP contribution in [0, 0.1) is 12.8 Å². The Bertz CT molecular complexity index is 451. The van der Waals surface area contributed by atoms with Crippen molar-refractivity contribution >= 4 is 5.91 Å². The van der Waals surface area contributed by atoms with Crippen LogP contribution in [0.1, 0.15) is 28.8 Å². The lowest BCUT2D eigenvalue weighted by Gasteiger charge is -2.32. The highest BCUT2D eigenvalue weighted by atomic mass is 16.3. The average Bonchev–Trinajstić information content (AvgIpc) is 2.42. The van der Waals surface area contributed by atoms with Crippen LogP contribution in [0.5, 0.6) is 5.75 Å². The number of aromatic hydroxyl groups is 1. The number of phenols is 1. The van der Waals surface area contributed by atoms with Crippen LogP contribution in [0.4, 0.5) is 0 Å². The number of piperidine rings is 1. The van der Waals surface area contributed by atoms with Gasteiger partial charge in [-0.15, -0.1) is 0 Å². The zero-order chi connectivity index (χ0) is 13.8. The van der Waals surface area contributed by atoms with Crippen molar-refractivity contribution < 1.29 is 9.90 Å². The summed E-state index contributed by atoms with van der Waals surface area (Å²) in [6, 6.07) is 5.05. The van der Waals surface area contributed by atoms with Gasteiger partial charge in [-0.25, -0.2) is 0 Å². The number of hydrogen-bond donors (Lipinski definition) is 2. The Morgan fingerprint density at radius 2 is 2.11 bits per heavy atom. The Morgan fingerprint density at radius 1 is 1.42 bits per heavy atom. The van der Waals surface area contributed by atoms with Crippen molar-refractivity contribution in [2.24, 2.45) is 5.92 Å². The number of carbonyl (C=O) groups is 1. The smallest absolute Gasteiger partial charge is 0.253 e. The zero-order valence-electron chi connectivity index (χ0n) is 11.6. The van der Waals surface area contributed by atoms with E-state index < -0.39 is 0 Å². The van der Waals surface area contributed by atoms with Gasteiger partial charge < -0.3 is 15.3 Å². The molecule has 1 amide bonds. The summed E-state index contributed by atoms with van der Waals surface area (Å²) in [5, 5.41) is 12.7. The van der Waals surface area contributed by atoms with E-state index in [1.54, 1.807) is 18.2 Å². The lowest BCUT2D eigenvalue weighted by Crippen LogP contribution is -2.40. The summed E-state index contributed by atoms with van der Waals surface area (Å²) >= 11 is 0. The van der Waals surface area contributed by atoms with Crippen molar-refractivity contribution in [3.05, 3.63) is 29.3 Å². The summed E-state index contributed by atoms with van der Waals surface area (Å²) in [6.45, 7) is 4.49. The van der Waals surface area contributed by atoms with Gasteiger partial charge in [-0.05, 0) is 63.0 Å². The molecule has 19 heavy (non-hydrogen) atoms. The standard InChI is InChI=1S/C15H22N2O2/c1-11-9-13(3-4-14(11)18)15(19)17-7-5-12(6-8-17)10-16-2/h3-4,9,12,16,18H,5-8,10H2,1-2H3. The Kier molecular flexibility index (Phi) is 4.43. The summed E-state index contributed by atoms with van der Waals surface area (Å²) in [4.78, 5) is 14.3. The third-order valence-corrected chi connectivity index (χ3v) is 3.84. The molecular weight excluding hydrogens is 240 g/mol. The second-order valence-corrected chi connectivity index (χ2v) is 5.29. The highest BCUT2D eigenvalue weighted by molar-refractivity contribution is 5.94. The maximum absolute atomic E-state index is 12.4. The van der Waals surface area contributed by atoms with Crippen molar-refractivity contribution in [2.45, 2.75) is 19.8 Å². The maximum atomic E-state index is 12.4. The van der Waals surface area contributed by atoms with E-state index in [2.05, 4.69) is 5.32 Å². The molecule has 1 fully saturated rings. The molecule has 2 N–H and O–H groups in total. The van der Waals surface area contributed by atoms with E-state index in [4.69, 9.17) is 0 Å². The monoisotopic (exact) mass is 262 g/mol. The minimum Gasteiger partial charge on any atom is -0.508 e. The number of rotatable bonds is 3. The molecule has 0 saturated carbocycles. The molecule has 104 valence electrons. The van der Waals surface area contributed by atoms with Gasteiger partial charge >= 0.3 is 0 Å². The van der Waals surface area contributed by atoms with Gasteiger partial charge in [0, 0.05) is 18.7 Å². The van der Waals surface area contributed by atoms with Crippen LogP contribution in [0.3, 0.4) is 0 Å². The molecule has 1 aliphatic heterocycles. The normalized spacial score (nSPS) is 16.6. The summed E-state index contributed by atoms with van der Waals surface area (Å²) in [6.07, 6.45) is 2.12. The number of carbonyl (C=O) groups excluding carboxylic acids is 1. The molecular formula is C15H22N2O2. The van der Waals surface area contributed by atoms with Crippen LogP contribution in [0.2, 0.25) is 0 Å². The highest BCUT2D eigenvalue weighted by Crippen LogP contribution is 2.21. The average molecular weight is 262 g/mol. The Labute approximate surface area is 114 Å². The van der Waals surface area contributed by atoms with Crippen molar-refractivity contribution in [3.8, 4) is 5.75 Å². The molecule has 2 rings (SSSR count). The topological polar surface area (TPSA) is 52.6 Å². The lowest BCUT2D eigenvalue weighted by molar-refractivity contribution is 0.0691. The SMILES string of the molecule is CNCC1CCN(C(=O)c2ccc(O)c(C)c2)CC1. The molecule has 0 spiro atoms. The van der Waals surface area contributed by atoms with Crippen LogP contribution >= 0.6 is 0 Å². The highest BCUT2D eigenvalue weighted by Gasteiger charge is 2.23. The fraction of sp³-hybridized carbons (Fsp3) is 0.533. The fourth-order valence-electron chi connectivity index (χ4n) is 2.60. The number of amides is 1. The van der Waals surface area contributed by atoms with E-state index in [1.807, 2.05) is 18.9 Å². The summed E-state index contributed by atoms with van der Waals surface area (Å²) in [5.41, 5.74) is 1.42. The van der Waals surface area contributed by atoms with Crippen LogP contribution in [0.15, 0.2) is 18.2 Å². The lowest BCUT2D eigenvalue weighted by atomic mass is 9.96. The third-order valence-electron chi connectivity index (χ3n) is 3.84. The van der Waals surface area contributed by atoms with Gasteiger partial charge in [0.15, 0.2) is 0 Å². The molecule has 1 heterocycles. The third kappa shape index (κ3) is 3.26. The van der Waals surface area contributed by atoms with E-state index in [-0.39, 0.29) is 11.7 Å². The number of likely N-dealkylation sites (tertiary alicyclic amines) is 1. The van der Waals surface area contributed by atoms with Gasteiger partial charge in [-0.1, -0.05) is 0 Å².